The number of benzene rings is 1. The van der Waals surface area contributed by atoms with E-state index in [0.29, 0.717) is 39.0 Å². The number of allylic oxidation sites excluding steroid dienone is 1. The zero-order valence-corrected chi connectivity index (χ0v) is 38.0. The van der Waals surface area contributed by atoms with Crippen molar-refractivity contribution in [3.8, 4) is 11.5 Å². The van der Waals surface area contributed by atoms with Gasteiger partial charge in [0.05, 0.1) is 23.9 Å². The lowest BCUT2D eigenvalue weighted by Gasteiger charge is -2.60. The summed E-state index contributed by atoms with van der Waals surface area (Å²) >= 11 is 0. The van der Waals surface area contributed by atoms with Crippen LogP contribution in [0.25, 0.3) is 0 Å². The second kappa shape index (κ2) is 25.4. The van der Waals surface area contributed by atoms with Gasteiger partial charge in [-0.05, 0) is 100 Å². The van der Waals surface area contributed by atoms with Gasteiger partial charge in [-0.2, -0.15) is 0 Å². The smallest absolute Gasteiger partial charge is 0.239 e. The maximum Gasteiger partial charge on any atom is 0.239 e. The van der Waals surface area contributed by atoms with Gasteiger partial charge < -0.3 is 34.2 Å². The van der Waals surface area contributed by atoms with Crippen molar-refractivity contribution in [2.75, 3.05) is 33.0 Å². The molecule has 0 unspecified atom stereocenters. The zero-order chi connectivity index (χ0) is 43.5. The van der Waals surface area contributed by atoms with Gasteiger partial charge in [0.2, 0.25) is 11.7 Å². The Morgan fingerprint density at radius 3 is 2.38 bits per heavy atom. The van der Waals surface area contributed by atoms with Crippen LogP contribution in [-0.4, -0.2) is 76.5 Å². The van der Waals surface area contributed by atoms with E-state index in [9.17, 15) is 15.0 Å². The summed E-state index contributed by atoms with van der Waals surface area (Å²) in [6, 6.07) is 11.6. The SMILES string of the molecule is C=CCO[C@@]12Oc3ccc(OCc4cccc(C)n4)cc3[C@H]3[C@H](CCCCO)[C@@H](CCCCO)C=C(C(=NOCC)C[C@@H]1N(CCC)C(=O)CCCCCCCCCCC)[C@H]32. The number of carbonyl (C=O) groups excluding carboxylic acids is 1. The number of ether oxygens (including phenoxy) is 3. The van der Waals surface area contributed by atoms with Gasteiger partial charge in [0.15, 0.2) is 0 Å². The lowest BCUT2D eigenvalue weighted by Crippen LogP contribution is -2.70. The number of aliphatic hydroxyl groups is 2. The number of amides is 1. The maximum atomic E-state index is 14.7. The Kier molecular flexibility index (Phi) is 20.1. The molecule has 61 heavy (non-hydrogen) atoms. The fourth-order valence-corrected chi connectivity index (χ4v) is 10.1. The van der Waals surface area contributed by atoms with Crippen LogP contribution < -0.4 is 9.47 Å². The van der Waals surface area contributed by atoms with Gasteiger partial charge in [0.25, 0.3) is 0 Å². The molecule has 6 atom stereocenters. The van der Waals surface area contributed by atoms with Crippen LogP contribution in [-0.2, 0) is 21.0 Å². The van der Waals surface area contributed by atoms with Gasteiger partial charge in [-0.3, -0.25) is 9.78 Å². The van der Waals surface area contributed by atoms with Gasteiger partial charge in [-0.15, -0.1) is 6.58 Å². The molecule has 1 saturated carbocycles. The highest BCUT2D eigenvalue weighted by atomic mass is 16.7. The largest absolute Gasteiger partial charge is 0.487 e. The molecule has 1 fully saturated rings. The molecule has 2 aliphatic carbocycles. The summed E-state index contributed by atoms with van der Waals surface area (Å²) in [6.45, 7) is 14.2. The molecule has 10 heteroatoms. The highest BCUT2D eigenvalue weighted by molar-refractivity contribution is 6.03. The summed E-state index contributed by atoms with van der Waals surface area (Å²) in [4.78, 5) is 27.3. The van der Waals surface area contributed by atoms with E-state index in [4.69, 9.17) is 24.2 Å². The molecule has 0 bridgehead atoms. The highest BCUT2D eigenvalue weighted by Crippen LogP contribution is 2.62. The molecule has 5 rings (SSSR count). The van der Waals surface area contributed by atoms with E-state index >= 15 is 0 Å². The number of rotatable bonds is 29. The van der Waals surface area contributed by atoms with Crippen LogP contribution >= 0.6 is 0 Å². The van der Waals surface area contributed by atoms with E-state index in [1.807, 2.05) is 44.2 Å². The van der Waals surface area contributed by atoms with E-state index in [1.54, 1.807) is 6.08 Å². The Morgan fingerprint density at radius 2 is 1.69 bits per heavy atom. The number of aromatic nitrogens is 1. The third-order valence-corrected chi connectivity index (χ3v) is 12.9. The van der Waals surface area contributed by atoms with E-state index in [-0.39, 0.29) is 49.4 Å². The van der Waals surface area contributed by atoms with E-state index in [0.717, 1.165) is 97.5 Å². The third kappa shape index (κ3) is 12.7. The normalized spacial score (nSPS) is 23.4. The molecule has 2 aromatic rings. The van der Waals surface area contributed by atoms with Crippen molar-refractivity contribution in [1.82, 2.24) is 9.88 Å². The molecular formula is C51H77N3O7. The van der Waals surface area contributed by atoms with Crippen molar-refractivity contribution in [3.05, 3.63) is 77.7 Å². The number of unbranched alkanes of at least 4 members (excludes halogenated alkanes) is 10. The highest BCUT2D eigenvalue weighted by Gasteiger charge is 2.65. The molecule has 0 saturated heterocycles. The number of fused-ring (bicyclic) bond motifs is 2. The number of carbonyl (C=O) groups is 1. The van der Waals surface area contributed by atoms with Crippen LogP contribution in [0.3, 0.4) is 0 Å². The molecule has 1 aromatic carbocycles. The number of hydrogen-bond donors (Lipinski definition) is 2. The summed E-state index contributed by atoms with van der Waals surface area (Å²) in [5.41, 5.74) is 4.73. The third-order valence-electron chi connectivity index (χ3n) is 12.9. The summed E-state index contributed by atoms with van der Waals surface area (Å²) in [5, 5.41) is 24.7. The van der Waals surface area contributed by atoms with Crippen LogP contribution in [0.2, 0.25) is 0 Å². The average Bonchev–Trinajstić information content (AvgIpc) is 3.26. The molecule has 10 nitrogen and oxygen atoms in total. The standard InChI is InChI=1S/C51H77N3O7/c1-6-10-11-12-13-14-15-16-17-27-48(57)54(30-7-2)47-36-45(53-60-9-4)43-34-39(24-18-20-31-55)42(26-19-21-32-56)49-44-35-41(58-37-40-25-22-23-38(5)52-40)28-29-46(44)61-51(47,50(43)49)59-33-8-3/h8,22-23,25,28-29,34-35,39,42,47,49-50,55-56H,3,6-7,9-21,24,26-27,30-33,36-37H2,1-2,4-5H3/t39-,42+,47-,49+,50+,51+/m0/s1. The van der Waals surface area contributed by atoms with Gasteiger partial charge in [-0.1, -0.05) is 101 Å². The number of hydrogen-bond acceptors (Lipinski definition) is 9. The van der Waals surface area contributed by atoms with Gasteiger partial charge >= 0.3 is 0 Å². The first-order valence-corrected chi connectivity index (χ1v) is 23.9. The average molecular weight is 844 g/mol. The van der Waals surface area contributed by atoms with Crippen LogP contribution in [0.4, 0.5) is 0 Å². The molecule has 2 heterocycles. The van der Waals surface area contributed by atoms with E-state index < -0.39 is 11.8 Å². The second-order valence-corrected chi connectivity index (χ2v) is 17.4. The zero-order valence-electron chi connectivity index (χ0n) is 38.0. The van der Waals surface area contributed by atoms with Crippen molar-refractivity contribution in [3.63, 3.8) is 0 Å². The Hall–Kier alpha value is -3.73. The molecule has 1 aromatic heterocycles. The minimum absolute atomic E-state index is 0.0995. The van der Waals surface area contributed by atoms with Crippen molar-refractivity contribution >= 4 is 11.6 Å². The first-order valence-electron chi connectivity index (χ1n) is 23.9. The molecular weight excluding hydrogens is 767 g/mol. The van der Waals surface area contributed by atoms with E-state index in [1.165, 1.54) is 38.5 Å². The molecule has 1 amide bonds. The summed E-state index contributed by atoms with van der Waals surface area (Å²) in [7, 11) is 0. The molecule has 0 spiro atoms. The predicted molar refractivity (Wildman–Crippen MR) is 244 cm³/mol. The monoisotopic (exact) mass is 844 g/mol. The predicted octanol–water partition coefficient (Wildman–Crippen LogP) is 10.8. The Bertz CT molecular complexity index is 1710. The summed E-state index contributed by atoms with van der Waals surface area (Å²) in [5.74, 6) is 0.207. The van der Waals surface area contributed by atoms with Crippen molar-refractivity contribution in [2.45, 2.75) is 168 Å². The lowest BCUT2D eigenvalue weighted by molar-refractivity contribution is -0.257. The maximum absolute atomic E-state index is 14.7. The number of nitrogens with zero attached hydrogens (tertiary/aromatic N) is 3. The van der Waals surface area contributed by atoms with Crippen LogP contribution in [0, 0.1) is 24.7 Å². The summed E-state index contributed by atoms with van der Waals surface area (Å²) < 4.78 is 21.0. The lowest BCUT2D eigenvalue weighted by atomic mass is 9.55. The quantitative estimate of drug-likeness (QED) is 0.0471. The first kappa shape index (κ1) is 48.3. The molecule has 1 aliphatic heterocycles. The summed E-state index contributed by atoms with van der Waals surface area (Å²) in [6.07, 6.45) is 21.5. The van der Waals surface area contributed by atoms with Gasteiger partial charge in [0, 0.05) is 49.8 Å². The van der Waals surface area contributed by atoms with Crippen LogP contribution in [0.15, 0.2) is 65.9 Å². The Morgan fingerprint density at radius 1 is 0.951 bits per heavy atom. The molecule has 0 radical (unpaired) electrons. The Labute approximate surface area is 367 Å². The van der Waals surface area contributed by atoms with Crippen molar-refractivity contribution in [2.24, 2.45) is 22.9 Å². The number of aliphatic hydroxyl groups excluding tert-OH is 2. The molecule has 338 valence electrons. The second-order valence-electron chi connectivity index (χ2n) is 17.4. The number of aryl methyl sites for hydroxylation is 1. The topological polar surface area (TPSA) is 123 Å². The minimum Gasteiger partial charge on any atom is -0.487 e. The molecule has 2 N–H and O–H groups in total. The van der Waals surface area contributed by atoms with E-state index in [2.05, 4.69) is 42.5 Å². The minimum atomic E-state index is -1.24. The molecule has 3 aliphatic rings. The van der Waals surface area contributed by atoms with Gasteiger partial charge in [-0.25, -0.2) is 0 Å². The van der Waals surface area contributed by atoms with Crippen molar-refractivity contribution in [1.29, 1.82) is 0 Å². The van der Waals surface area contributed by atoms with Crippen LogP contribution in [0.5, 0.6) is 11.5 Å². The van der Waals surface area contributed by atoms with Crippen LogP contribution in [0.1, 0.15) is 159 Å². The number of oxime groups is 1. The van der Waals surface area contributed by atoms with Crippen molar-refractivity contribution < 1.29 is 34.1 Å². The fraction of sp³-hybridized carbons (Fsp3) is 0.667. The fourth-order valence-electron chi connectivity index (χ4n) is 10.1. The first-order chi connectivity index (χ1) is 29.8. The number of pyridine rings is 1. The van der Waals surface area contributed by atoms with Gasteiger partial charge in [0.1, 0.15) is 30.8 Å². The Balaban J connectivity index is 1.60.